The Labute approximate surface area is 176 Å². The van der Waals surface area contributed by atoms with E-state index in [1.165, 1.54) is 19.4 Å². The van der Waals surface area contributed by atoms with Crippen LogP contribution in [0.5, 0.6) is 11.5 Å². The first kappa shape index (κ1) is 20.2. The number of pyridine rings is 1. The van der Waals surface area contributed by atoms with Gasteiger partial charge in [0.15, 0.2) is 0 Å². The maximum absolute atomic E-state index is 11.8. The van der Waals surface area contributed by atoms with Crippen molar-refractivity contribution >= 4 is 22.9 Å². The highest BCUT2D eigenvalue weighted by Gasteiger charge is 2.20. The molecule has 30 heavy (non-hydrogen) atoms. The first-order valence-electron chi connectivity index (χ1n) is 10.3. The molecule has 1 fully saturated rings. The summed E-state index contributed by atoms with van der Waals surface area (Å²) in [6.07, 6.45) is 5.24. The Kier molecular flexibility index (Phi) is 5.85. The molecule has 158 valence electrons. The lowest BCUT2D eigenvalue weighted by molar-refractivity contribution is 0.0958. The van der Waals surface area contributed by atoms with Crippen LogP contribution in [0, 0.1) is 0 Å². The average molecular weight is 409 g/mol. The van der Waals surface area contributed by atoms with Crippen molar-refractivity contribution in [2.75, 3.05) is 32.5 Å². The number of hydrogen-bond acceptors (Lipinski definition) is 6. The molecule has 1 unspecified atom stereocenters. The molecule has 3 aromatic rings. The summed E-state index contributed by atoms with van der Waals surface area (Å²) in [6, 6.07) is 9.81. The highest BCUT2D eigenvalue weighted by Crippen LogP contribution is 2.27. The van der Waals surface area contributed by atoms with E-state index in [9.17, 15) is 4.79 Å². The Balaban J connectivity index is 1.46. The molecule has 2 aromatic heterocycles. The molecule has 0 radical (unpaired) electrons. The van der Waals surface area contributed by atoms with E-state index in [1.54, 1.807) is 25.4 Å². The molecule has 1 atom stereocenters. The quantitative estimate of drug-likeness (QED) is 0.625. The molecule has 1 aromatic carbocycles. The number of ether oxygens (including phenoxy) is 1. The molecule has 0 saturated carbocycles. The number of benzene rings is 1. The minimum Gasteiger partial charge on any atom is -0.457 e. The molecule has 0 bridgehead atoms. The molecule has 8 heteroatoms. The second-order valence-corrected chi connectivity index (χ2v) is 7.70. The monoisotopic (exact) mass is 408 g/mol. The summed E-state index contributed by atoms with van der Waals surface area (Å²) in [7, 11) is 5.79. The van der Waals surface area contributed by atoms with Crippen molar-refractivity contribution in [2.45, 2.75) is 25.3 Å². The lowest BCUT2D eigenvalue weighted by atomic mass is 10.1. The SMILES string of the molecule is CNC(=O)c1cc(Oc2ccc3c(c2)nc(NCCC2CCCN2C)n3C)ccn1. The number of imidazole rings is 1. The van der Waals surface area contributed by atoms with Gasteiger partial charge in [0.25, 0.3) is 5.91 Å². The number of aryl methyl sites for hydroxylation is 1. The molecule has 4 rings (SSSR count). The number of nitrogens with zero attached hydrogens (tertiary/aromatic N) is 4. The number of fused-ring (bicyclic) bond motifs is 1. The number of hydrogen-bond donors (Lipinski definition) is 2. The van der Waals surface area contributed by atoms with Crippen LogP contribution >= 0.6 is 0 Å². The lowest BCUT2D eigenvalue weighted by Crippen LogP contribution is -2.27. The molecule has 2 N–H and O–H groups in total. The van der Waals surface area contributed by atoms with Crippen LogP contribution in [0.15, 0.2) is 36.5 Å². The van der Waals surface area contributed by atoms with Gasteiger partial charge in [0.1, 0.15) is 17.2 Å². The van der Waals surface area contributed by atoms with Gasteiger partial charge in [-0.3, -0.25) is 9.78 Å². The molecular weight excluding hydrogens is 380 g/mol. The first-order valence-corrected chi connectivity index (χ1v) is 10.3. The van der Waals surface area contributed by atoms with Crippen LogP contribution < -0.4 is 15.4 Å². The second kappa shape index (κ2) is 8.71. The van der Waals surface area contributed by atoms with Gasteiger partial charge >= 0.3 is 0 Å². The fourth-order valence-corrected chi connectivity index (χ4v) is 3.96. The third-order valence-corrected chi connectivity index (χ3v) is 5.71. The van der Waals surface area contributed by atoms with E-state index in [-0.39, 0.29) is 5.91 Å². The Morgan fingerprint density at radius 1 is 1.23 bits per heavy atom. The maximum Gasteiger partial charge on any atom is 0.269 e. The number of carbonyl (C=O) groups is 1. The molecule has 1 amide bonds. The van der Waals surface area contributed by atoms with Crippen LogP contribution in [0.25, 0.3) is 11.0 Å². The van der Waals surface area contributed by atoms with Gasteiger partial charge in [0, 0.05) is 45.0 Å². The van der Waals surface area contributed by atoms with E-state index < -0.39 is 0 Å². The normalized spacial score (nSPS) is 16.7. The number of aromatic nitrogens is 3. The Hall–Kier alpha value is -3.13. The van der Waals surface area contributed by atoms with Gasteiger partial charge in [-0.15, -0.1) is 0 Å². The lowest BCUT2D eigenvalue weighted by Gasteiger charge is -2.19. The minimum atomic E-state index is -0.250. The number of anilines is 1. The van der Waals surface area contributed by atoms with E-state index in [0.717, 1.165) is 29.9 Å². The summed E-state index contributed by atoms with van der Waals surface area (Å²) < 4.78 is 8.00. The number of carbonyl (C=O) groups excluding carboxylic acids is 1. The summed E-state index contributed by atoms with van der Waals surface area (Å²) in [4.78, 5) is 23.0. The number of rotatable bonds is 7. The molecule has 3 heterocycles. The zero-order valence-electron chi connectivity index (χ0n) is 17.7. The highest BCUT2D eigenvalue weighted by molar-refractivity contribution is 5.92. The fraction of sp³-hybridized carbons (Fsp3) is 0.409. The predicted octanol–water partition coefficient (Wildman–Crippen LogP) is 3.02. The van der Waals surface area contributed by atoms with Crippen LogP contribution in [-0.4, -0.2) is 58.6 Å². The van der Waals surface area contributed by atoms with Crippen LogP contribution in [0.1, 0.15) is 29.8 Å². The van der Waals surface area contributed by atoms with Gasteiger partial charge in [0.2, 0.25) is 5.95 Å². The highest BCUT2D eigenvalue weighted by atomic mass is 16.5. The standard InChI is InChI=1S/C22H28N6O2/c1-23-21(29)19-14-17(9-11-24-19)30-16-6-7-20-18(13-16)26-22(28(20)3)25-10-8-15-5-4-12-27(15)2/h6-7,9,11,13-15H,4-5,8,10,12H2,1-3H3,(H,23,29)(H,25,26). The Morgan fingerprint density at radius 2 is 2.07 bits per heavy atom. The van der Waals surface area contributed by atoms with Crippen LogP contribution in [-0.2, 0) is 7.05 Å². The van der Waals surface area contributed by atoms with E-state index >= 15 is 0 Å². The molecule has 1 aliphatic rings. The van der Waals surface area contributed by atoms with Crippen LogP contribution in [0.3, 0.4) is 0 Å². The van der Waals surface area contributed by atoms with Crippen molar-refractivity contribution < 1.29 is 9.53 Å². The third-order valence-electron chi connectivity index (χ3n) is 5.71. The molecule has 1 aliphatic heterocycles. The molecule has 1 saturated heterocycles. The van der Waals surface area contributed by atoms with Crippen molar-refractivity contribution in [2.24, 2.45) is 7.05 Å². The zero-order valence-corrected chi connectivity index (χ0v) is 17.7. The van der Waals surface area contributed by atoms with Gasteiger partial charge in [0.05, 0.1) is 11.0 Å². The number of amides is 1. The zero-order chi connectivity index (χ0) is 21.1. The van der Waals surface area contributed by atoms with Crippen molar-refractivity contribution in [1.82, 2.24) is 24.8 Å². The van der Waals surface area contributed by atoms with E-state index in [0.29, 0.717) is 23.2 Å². The number of nitrogens with one attached hydrogen (secondary N) is 2. The van der Waals surface area contributed by atoms with Crippen LogP contribution in [0.2, 0.25) is 0 Å². The molecule has 0 aliphatic carbocycles. The van der Waals surface area contributed by atoms with Crippen molar-refractivity contribution in [3.8, 4) is 11.5 Å². The van der Waals surface area contributed by atoms with E-state index in [2.05, 4.69) is 32.1 Å². The second-order valence-electron chi connectivity index (χ2n) is 7.70. The summed E-state index contributed by atoms with van der Waals surface area (Å²) in [5.74, 6) is 1.82. The van der Waals surface area contributed by atoms with Crippen molar-refractivity contribution in [3.05, 3.63) is 42.2 Å². The third kappa shape index (κ3) is 4.23. The maximum atomic E-state index is 11.8. The van der Waals surface area contributed by atoms with Crippen LogP contribution in [0.4, 0.5) is 5.95 Å². The first-order chi connectivity index (χ1) is 14.5. The number of likely N-dealkylation sites (tertiary alicyclic amines) is 1. The topological polar surface area (TPSA) is 84.3 Å². The van der Waals surface area contributed by atoms with Gasteiger partial charge in [-0.25, -0.2) is 4.98 Å². The molecular formula is C22H28N6O2. The molecule has 0 spiro atoms. The fourth-order valence-electron chi connectivity index (χ4n) is 3.96. The van der Waals surface area contributed by atoms with Gasteiger partial charge in [-0.05, 0) is 51.1 Å². The van der Waals surface area contributed by atoms with E-state index in [4.69, 9.17) is 9.72 Å². The smallest absolute Gasteiger partial charge is 0.269 e. The Bertz CT molecular complexity index is 1050. The molecule has 8 nitrogen and oxygen atoms in total. The van der Waals surface area contributed by atoms with Gasteiger partial charge in [-0.1, -0.05) is 0 Å². The largest absolute Gasteiger partial charge is 0.457 e. The van der Waals surface area contributed by atoms with Crippen molar-refractivity contribution in [1.29, 1.82) is 0 Å². The van der Waals surface area contributed by atoms with E-state index in [1.807, 2.05) is 25.2 Å². The predicted molar refractivity (Wildman–Crippen MR) is 117 cm³/mol. The summed E-state index contributed by atoms with van der Waals surface area (Å²) in [6.45, 7) is 2.09. The van der Waals surface area contributed by atoms with Gasteiger partial charge < -0.3 is 24.8 Å². The summed E-state index contributed by atoms with van der Waals surface area (Å²) >= 11 is 0. The minimum absolute atomic E-state index is 0.250. The Morgan fingerprint density at radius 3 is 2.83 bits per heavy atom. The van der Waals surface area contributed by atoms with Gasteiger partial charge in [-0.2, -0.15) is 0 Å². The summed E-state index contributed by atoms with van der Waals surface area (Å²) in [5.41, 5.74) is 2.20. The van der Waals surface area contributed by atoms with Crippen molar-refractivity contribution in [3.63, 3.8) is 0 Å². The summed E-state index contributed by atoms with van der Waals surface area (Å²) in [5, 5.41) is 6.04. The average Bonchev–Trinajstić information content (AvgIpc) is 3.30.